The quantitative estimate of drug-likeness (QED) is 0.375. The Morgan fingerprint density at radius 1 is 0.935 bits per heavy atom. The zero-order valence-electron chi connectivity index (χ0n) is 16.9. The maximum absolute atomic E-state index is 10.5. The summed E-state index contributed by atoms with van der Waals surface area (Å²) in [6.07, 6.45) is 1.86. The number of ether oxygens (including phenoxy) is 3. The molecule has 7 nitrogen and oxygen atoms in total. The fourth-order valence-corrected chi connectivity index (χ4v) is 4.05. The van der Waals surface area contributed by atoms with Gasteiger partial charge in [-0.3, -0.25) is 4.79 Å². The van der Waals surface area contributed by atoms with Gasteiger partial charge in [0.2, 0.25) is 0 Å². The standard InChI is InChI=1S/C23H19N3O4S/c1-28-21-8-5-7-20(23(21)29-2)26-14-19(24-25-26)18-6-3-4-9-22(18)31-17-12-10-16(11-13-17)30-15-27/h3-15H,1-2H3. The number of rotatable bonds is 8. The number of hydrogen-bond acceptors (Lipinski definition) is 7. The largest absolute Gasteiger partial charge is 0.493 e. The van der Waals surface area contributed by atoms with Gasteiger partial charge < -0.3 is 14.2 Å². The number of carbonyl (C=O) groups excluding carboxylic acids is 1. The Hall–Kier alpha value is -3.78. The van der Waals surface area contributed by atoms with Gasteiger partial charge in [-0.15, -0.1) is 5.10 Å². The van der Waals surface area contributed by atoms with Crippen molar-refractivity contribution in [3.8, 4) is 34.2 Å². The number of methoxy groups -OCH3 is 2. The predicted molar refractivity (Wildman–Crippen MR) is 117 cm³/mol. The van der Waals surface area contributed by atoms with Crippen LogP contribution >= 0.6 is 11.8 Å². The summed E-state index contributed by atoms with van der Waals surface area (Å²) < 4.78 is 17.4. The van der Waals surface area contributed by atoms with Gasteiger partial charge in [-0.05, 0) is 42.5 Å². The Labute approximate surface area is 183 Å². The molecule has 0 aliphatic rings. The van der Waals surface area contributed by atoms with E-state index < -0.39 is 0 Å². The van der Waals surface area contributed by atoms with E-state index in [2.05, 4.69) is 10.3 Å². The van der Waals surface area contributed by atoms with E-state index in [0.29, 0.717) is 23.7 Å². The molecule has 0 saturated carbocycles. The van der Waals surface area contributed by atoms with Gasteiger partial charge in [0.25, 0.3) is 6.47 Å². The van der Waals surface area contributed by atoms with Crippen molar-refractivity contribution in [2.75, 3.05) is 14.2 Å². The van der Waals surface area contributed by atoms with E-state index >= 15 is 0 Å². The minimum absolute atomic E-state index is 0.415. The third kappa shape index (κ3) is 4.39. The molecule has 3 aromatic carbocycles. The molecule has 0 radical (unpaired) electrons. The smallest absolute Gasteiger partial charge is 0.298 e. The van der Waals surface area contributed by atoms with Crippen molar-refractivity contribution in [3.63, 3.8) is 0 Å². The van der Waals surface area contributed by atoms with Crippen LogP contribution in [0.2, 0.25) is 0 Å². The summed E-state index contributed by atoms with van der Waals surface area (Å²) in [7, 11) is 3.19. The van der Waals surface area contributed by atoms with Gasteiger partial charge in [-0.1, -0.05) is 41.2 Å². The third-order valence-electron chi connectivity index (χ3n) is 4.52. The summed E-state index contributed by atoms with van der Waals surface area (Å²) in [5.41, 5.74) is 2.42. The highest BCUT2D eigenvalue weighted by Gasteiger charge is 2.15. The summed E-state index contributed by atoms with van der Waals surface area (Å²) in [4.78, 5) is 12.5. The maximum Gasteiger partial charge on any atom is 0.298 e. The number of nitrogens with zero attached hydrogens (tertiary/aromatic N) is 3. The van der Waals surface area contributed by atoms with Gasteiger partial charge in [-0.2, -0.15) is 0 Å². The van der Waals surface area contributed by atoms with Crippen molar-refractivity contribution in [2.45, 2.75) is 9.79 Å². The number of hydrogen-bond donors (Lipinski definition) is 0. The zero-order chi connectivity index (χ0) is 21.6. The van der Waals surface area contributed by atoms with Crippen molar-refractivity contribution in [1.29, 1.82) is 0 Å². The zero-order valence-corrected chi connectivity index (χ0v) is 17.7. The van der Waals surface area contributed by atoms with Crippen molar-refractivity contribution < 1.29 is 19.0 Å². The van der Waals surface area contributed by atoms with E-state index in [4.69, 9.17) is 14.2 Å². The molecule has 4 rings (SSSR count). The van der Waals surface area contributed by atoms with Crippen LogP contribution in [0, 0.1) is 0 Å². The Balaban J connectivity index is 1.65. The highest BCUT2D eigenvalue weighted by atomic mass is 32.2. The molecule has 0 N–H and O–H groups in total. The lowest BCUT2D eigenvalue weighted by Gasteiger charge is -2.11. The molecule has 0 atom stereocenters. The van der Waals surface area contributed by atoms with E-state index in [-0.39, 0.29) is 0 Å². The summed E-state index contributed by atoms with van der Waals surface area (Å²) >= 11 is 1.59. The van der Waals surface area contributed by atoms with Crippen LogP contribution in [-0.2, 0) is 4.79 Å². The van der Waals surface area contributed by atoms with Gasteiger partial charge in [0, 0.05) is 15.4 Å². The SMILES string of the molecule is COc1cccc(-n2cc(-c3ccccc3Sc3ccc(OC=O)cc3)nn2)c1OC. The van der Waals surface area contributed by atoms with Gasteiger partial charge in [0.05, 0.1) is 20.4 Å². The van der Waals surface area contributed by atoms with Crippen molar-refractivity contribution in [3.05, 3.63) is 72.9 Å². The topological polar surface area (TPSA) is 75.5 Å². The van der Waals surface area contributed by atoms with Gasteiger partial charge in [0.1, 0.15) is 17.1 Å². The van der Waals surface area contributed by atoms with Crippen LogP contribution < -0.4 is 14.2 Å². The lowest BCUT2D eigenvalue weighted by atomic mass is 10.2. The Morgan fingerprint density at radius 3 is 2.48 bits per heavy atom. The average molecular weight is 433 g/mol. The van der Waals surface area contributed by atoms with E-state index in [1.807, 2.05) is 60.8 Å². The first-order valence-corrected chi connectivity index (χ1v) is 10.2. The molecule has 4 aromatic rings. The fourth-order valence-electron chi connectivity index (χ4n) is 3.09. The molecule has 0 fully saturated rings. The molecule has 0 saturated heterocycles. The van der Waals surface area contributed by atoms with E-state index in [1.54, 1.807) is 42.8 Å². The summed E-state index contributed by atoms with van der Waals surface area (Å²) in [6.45, 7) is 0.415. The molecule has 0 aliphatic carbocycles. The second-order valence-corrected chi connectivity index (χ2v) is 7.46. The monoisotopic (exact) mass is 433 g/mol. The number of para-hydroxylation sites is 1. The molecular formula is C23H19N3O4S. The number of benzene rings is 3. The minimum atomic E-state index is 0.415. The molecule has 1 aromatic heterocycles. The van der Waals surface area contributed by atoms with Crippen LogP contribution in [0.1, 0.15) is 0 Å². The molecular weight excluding hydrogens is 414 g/mol. The van der Waals surface area contributed by atoms with Crippen LogP contribution in [-0.4, -0.2) is 35.7 Å². The van der Waals surface area contributed by atoms with Crippen LogP contribution in [0.3, 0.4) is 0 Å². The molecule has 0 amide bonds. The van der Waals surface area contributed by atoms with Crippen LogP contribution in [0.5, 0.6) is 17.2 Å². The Morgan fingerprint density at radius 2 is 1.74 bits per heavy atom. The molecule has 8 heteroatoms. The number of aromatic nitrogens is 3. The van der Waals surface area contributed by atoms with E-state index in [0.717, 1.165) is 26.7 Å². The van der Waals surface area contributed by atoms with Crippen LogP contribution in [0.25, 0.3) is 16.9 Å². The first-order valence-electron chi connectivity index (χ1n) is 9.35. The van der Waals surface area contributed by atoms with Crippen molar-refractivity contribution in [1.82, 2.24) is 15.0 Å². The predicted octanol–water partition coefficient (Wildman–Crippen LogP) is 4.64. The third-order valence-corrected chi connectivity index (χ3v) is 5.60. The molecule has 1 heterocycles. The lowest BCUT2D eigenvalue weighted by Crippen LogP contribution is -2.00. The van der Waals surface area contributed by atoms with Crippen molar-refractivity contribution >= 4 is 18.2 Å². The molecule has 156 valence electrons. The average Bonchev–Trinajstić information content (AvgIpc) is 3.30. The van der Waals surface area contributed by atoms with Crippen LogP contribution in [0.4, 0.5) is 0 Å². The lowest BCUT2D eigenvalue weighted by molar-refractivity contribution is -0.120. The minimum Gasteiger partial charge on any atom is -0.493 e. The van der Waals surface area contributed by atoms with Crippen molar-refractivity contribution in [2.24, 2.45) is 0 Å². The molecule has 0 unspecified atom stereocenters. The van der Waals surface area contributed by atoms with Crippen LogP contribution in [0.15, 0.2) is 82.7 Å². The Bertz CT molecular complexity index is 1190. The molecule has 0 bridgehead atoms. The molecule has 0 aliphatic heterocycles. The summed E-state index contributed by atoms with van der Waals surface area (Å²) in [5.74, 6) is 1.71. The highest BCUT2D eigenvalue weighted by molar-refractivity contribution is 7.99. The highest BCUT2D eigenvalue weighted by Crippen LogP contribution is 2.37. The van der Waals surface area contributed by atoms with E-state index in [1.165, 1.54) is 0 Å². The molecule has 0 spiro atoms. The first-order chi connectivity index (χ1) is 15.2. The van der Waals surface area contributed by atoms with E-state index in [9.17, 15) is 4.79 Å². The first kappa shape index (κ1) is 20.5. The summed E-state index contributed by atoms with van der Waals surface area (Å²) in [6, 6.07) is 20.9. The van der Waals surface area contributed by atoms with Gasteiger partial charge in [0.15, 0.2) is 11.5 Å². The number of carbonyl (C=O) groups is 1. The normalized spacial score (nSPS) is 10.5. The Kier molecular flexibility index (Phi) is 6.18. The second-order valence-electron chi connectivity index (χ2n) is 6.34. The molecule has 31 heavy (non-hydrogen) atoms. The second kappa shape index (κ2) is 9.36. The maximum atomic E-state index is 10.5. The van der Waals surface area contributed by atoms with Gasteiger partial charge >= 0.3 is 0 Å². The fraction of sp³-hybridized carbons (Fsp3) is 0.0870. The van der Waals surface area contributed by atoms with Gasteiger partial charge in [-0.25, -0.2) is 4.68 Å². The summed E-state index contributed by atoms with van der Waals surface area (Å²) in [5, 5.41) is 8.68.